The van der Waals surface area contributed by atoms with Crippen LogP contribution in [0.1, 0.15) is 76.3 Å². The van der Waals surface area contributed by atoms with Crippen LogP contribution in [0.15, 0.2) is 82.0 Å². The molecule has 1 heterocycles. The lowest BCUT2D eigenvalue weighted by molar-refractivity contribution is 0.141. The minimum absolute atomic E-state index is 0.898. The molecule has 36 heavy (non-hydrogen) atoms. The van der Waals surface area contributed by atoms with Crippen LogP contribution in [0.2, 0.25) is 0 Å². The van der Waals surface area contributed by atoms with Crippen LogP contribution in [0, 0.1) is 0 Å². The highest BCUT2D eigenvalue weighted by Crippen LogP contribution is 2.15. The van der Waals surface area contributed by atoms with Gasteiger partial charge in [-0.15, -0.1) is 0 Å². The van der Waals surface area contributed by atoms with Crippen LogP contribution >= 0.6 is 0 Å². The summed E-state index contributed by atoms with van der Waals surface area (Å²) >= 11 is 0. The van der Waals surface area contributed by atoms with Crippen LogP contribution in [0.25, 0.3) is 12.2 Å². The van der Waals surface area contributed by atoms with Crippen molar-refractivity contribution in [2.45, 2.75) is 65.2 Å². The molecule has 3 rings (SSSR count). The summed E-state index contributed by atoms with van der Waals surface area (Å²) in [6.07, 6.45) is 18.3. The minimum Gasteiger partial charge on any atom is -0.293 e. The summed E-state index contributed by atoms with van der Waals surface area (Å²) in [6, 6.07) is 21.1. The zero-order valence-corrected chi connectivity index (χ0v) is 22.4. The van der Waals surface area contributed by atoms with Crippen LogP contribution in [0.5, 0.6) is 0 Å². The monoisotopic (exact) mass is 484 g/mol. The fraction of sp³-hybridized carbons (Fsp3) is 0.438. The second kappa shape index (κ2) is 16.5. The number of unbranched alkanes of at least 4 members (excludes halogenated alkanes) is 4. The van der Waals surface area contributed by atoms with Gasteiger partial charge in [-0.25, -0.2) is 0 Å². The zero-order valence-electron chi connectivity index (χ0n) is 22.4. The Morgan fingerprint density at radius 3 is 1.36 bits per heavy atom. The minimum atomic E-state index is 0.898. The second-order valence-electron chi connectivity index (χ2n) is 9.57. The molecule has 1 aliphatic rings. The third kappa shape index (κ3) is 10.6. The van der Waals surface area contributed by atoms with Gasteiger partial charge in [-0.1, -0.05) is 112 Å². The molecule has 0 N–H and O–H groups in total. The molecular formula is C32H44N4. The Morgan fingerprint density at radius 1 is 0.611 bits per heavy atom. The normalized spacial score (nSPS) is 15.4. The van der Waals surface area contributed by atoms with Crippen LogP contribution in [0.3, 0.4) is 0 Å². The Labute approximate surface area is 219 Å². The third-order valence-electron chi connectivity index (χ3n) is 6.45. The first-order valence-electron chi connectivity index (χ1n) is 13.9. The number of hydrogen-bond donors (Lipinski definition) is 0. The van der Waals surface area contributed by atoms with Crippen molar-refractivity contribution in [3.05, 3.63) is 82.9 Å². The zero-order chi connectivity index (χ0) is 25.3. The molecule has 0 spiro atoms. The van der Waals surface area contributed by atoms with E-state index in [-0.39, 0.29) is 0 Å². The number of piperazine rings is 1. The quantitative estimate of drug-likeness (QED) is 0.201. The average Bonchev–Trinajstić information content (AvgIpc) is 2.92. The fourth-order valence-electron chi connectivity index (χ4n) is 4.26. The molecule has 1 fully saturated rings. The first-order valence-corrected chi connectivity index (χ1v) is 13.9. The molecule has 0 aromatic heterocycles. The molecule has 0 unspecified atom stereocenters. The van der Waals surface area contributed by atoms with Crippen molar-refractivity contribution in [3.63, 3.8) is 0 Å². The van der Waals surface area contributed by atoms with Gasteiger partial charge in [0, 0.05) is 0 Å². The van der Waals surface area contributed by atoms with E-state index in [4.69, 9.17) is 10.2 Å². The topological polar surface area (TPSA) is 31.2 Å². The summed E-state index contributed by atoms with van der Waals surface area (Å²) < 4.78 is 0. The highest BCUT2D eigenvalue weighted by Gasteiger charge is 2.13. The van der Waals surface area contributed by atoms with Crippen molar-refractivity contribution in [2.24, 2.45) is 10.2 Å². The van der Waals surface area contributed by atoms with Crippen molar-refractivity contribution >= 4 is 24.6 Å². The maximum Gasteiger partial charge on any atom is 0.0553 e. The Kier molecular flexibility index (Phi) is 12.6. The van der Waals surface area contributed by atoms with Gasteiger partial charge in [-0.2, -0.15) is 10.2 Å². The molecule has 0 radical (unpaired) electrons. The largest absolute Gasteiger partial charge is 0.293 e. The molecule has 2 aromatic rings. The Morgan fingerprint density at radius 2 is 1.00 bits per heavy atom. The molecule has 0 saturated carbocycles. The molecule has 1 saturated heterocycles. The summed E-state index contributed by atoms with van der Waals surface area (Å²) in [7, 11) is 0. The Bertz CT molecular complexity index is 886. The fourth-order valence-corrected chi connectivity index (χ4v) is 4.26. The van der Waals surface area contributed by atoms with Crippen molar-refractivity contribution < 1.29 is 0 Å². The van der Waals surface area contributed by atoms with E-state index in [2.05, 4.69) is 109 Å². The van der Waals surface area contributed by atoms with Crippen LogP contribution < -0.4 is 0 Å². The van der Waals surface area contributed by atoms with Gasteiger partial charge in [-0.05, 0) is 48.0 Å². The Hall–Kier alpha value is -3.14. The predicted molar refractivity (Wildman–Crippen MR) is 157 cm³/mol. The molecule has 192 valence electrons. The van der Waals surface area contributed by atoms with Crippen molar-refractivity contribution in [1.82, 2.24) is 10.0 Å². The number of hydrazone groups is 2. The van der Waals surface area contributed by atoms with Crippen molar-refractivity contribution in [2.75, 3.05) is 26.2 Å². The van der Waals surface area contributed by atoms with Gasteiger partial charge in [-0.3, -0.25) is 10.0 Å². The first-order chi connectivity index (χ1) is 17.8. The second-order valence-corrected chi connectivity index (χ2v) is 9.57. The summed E-state index contributed by atoms with van der Waals surface area (Å²) in [4.78, 5) is 0. The predicted octanol–water partition coefficient (Wildman–Crippen LogP) is 7.90. The van der Waals surface area contributed by atoms with Crippen LogP contribution in [-0.2, 0) is 0 Å². The van der Waals surface area contributed by atoms with E-state index in [1.54, 1.807) is 0 Å². The van der Waals surface area contributed by atoms with Crippen molar-refractivity contribution in [3.8, 4) is 0 Å². The summed E-state index contributed by atoms with van der Waals surface area (Å²) in [5.74, 6) is 0. The van der Waals surface area contributed by atoms with E-state index in [0.29, 0.717) is 0 Å². The van der Waals surface area contributed by atoms with E-state index in [1.807, 2.05) is 0 Å². The molecule has 4 heteroatoms. The third-order valence-corrected chi connectivity index (χ3v) is 6.45. The van der Waals surface area contributed by atoms with Gasteiger partial charge in [0.15, 0.2) is 0 Å². The Balaban J connectivity index is 1.55. The molecule has 2 aromatic carbocycles. The molecule has 0 atom stereocenters. The number of rotatable bonds is 14. The SMILES string of the molecule is CCCCCC(=C/c1ccccc1)/C=N/N1CCN(/N=C\C(=C\c2ccccc2)CCCCC)CC1. The lowest BCUT2D eigenvalue weighted by Crippen LogP contribution is -2.41. The van der Waals surface area contributed by atoms with Crippen LogP contribution in [-0.4, -0.2) is 48.6 Å². The molecule has 0 amide bonds. The molecule has 0 bridgehead atoms. The van der Waals surface area contributed by atoms with E-state index in [1.165, 1.54) is 60.8 Å². The lowest BCUT2D eigenvalue weighted by atomic mass is 10.1. The van der Waals surface area contributed by atoms with E-state index in [0.717, 1.165) is 39.0 Å². The van der Waals surface area contributed by atoms with Gasteiger partial charge in [0.1, 0.15) is 0 Å². The standard InChI is InChI=1S/C32H44N4/c1-3-5-9-19-31(25-29-15-11-7-12-16-29)27-33-35-21-23-36(24-22-35)34-28-32(20-10-6-4-2)26-30-17-13-8-14-18-30/h7-8,11-18,25-28H,3-6,9-10,19-24H2,1-2H3/b31-25-,32-26+,33-27+,34-28-. The van der Waals surface area contributed by atoms with E-state index >= 15 is 0 Å². The number of nitrogens with zero attached hydrogens (tertiary/aromatic N) is 4. The van der Waals surface area contributed by atoms with Gasteiger partial charge < -0.3 is 0 Å². The van der Waals surface area contributed by atoms with Crippen molar-refractivity contribution in [1.29, 1.82) is 0 Å². The van der Waals surface area contributed by atoms with E-state index < -0.39 is 0 Å². The maximum absolute atomic E-state index is 4.84. The summed E-state index contributed by atoms with van der Waals surface area (Å²) in [5, 5.41) is 14.1. The van der Waals surface area contributed by atoms with Gasteiger partial charge in [0.25, 0.3) is 0 Å². The lowest BCUT2D eigenvalue weighted by Gasteiger charge is -2.31. The van der Waals surface area contributed by atoms with Crippen LogP contribution in [0.4, 0.5) is 0 Å². The number of hydrogen-bond acceptors (Lipinski definition) is 4. The highest BCUT2D eigenvalue weighted by molar-refractivity contribution is 5.86. The smallest absolute Gasteiger partial charge is 0.0553 e. The first kappa shape index (κ1) is 27.4. The average molecular weight is 485 g/mol. The molecule has 1 aliphatic heterocycles. The van der Waals surface area contributed by atoms with Gasteiger partial charge in [0.05, 0.1) is 38.6 Å². The van der Waals surface area contributed by atoms with Gasteiger partial charge >= 0.3 is 0 Å². The van der Waals surface area contributed by atoms with Gasteiger partial charge in [0.2, 0.25) is 0 Å². The highest BCUT2D eigenvalue weighted by atomic mass is 15.5. The molecule has 0 aliphatic carbocycles. The van der Waals surface area contributed by atoms with E-state index in [9.17, 15) is 0 Å². The summed E-state index contributed by atoms with van der Waals surface area (Å²) in [5.41, 5.74) is 5.09. The number of allylic oxidation sites excluding steroid dienone is 2. The number of benzene rings is 2. The summed E-state index contributed by atoms with van der Waals surface area (Å²) in [6.45, 7) is 8.10. The maximum atomic E-state index is 4.84. The molecular weight excluding hydrogens is 440 g/mol. The molecule has 4 nitrogen and oxygen atoms in total.